The van der Waals surface area contributed by atoms with E-state index in [-0.39, 0.29) is 11.8 Å². The average Bonchev–Trinajstić information content (AvgIpc) is 2.75. The third-order valence-electron chi connectivity index (χ3n) is 3.06. The van der Waals surface area contributed by atoms with Crippen molar-refractivity contribution in [2.45, 2.75) is 12.8 Å². The Morgan fingerprint density at radius 2 is 2.06 bits per heavy atom. The molecular formula is C11H15N3O3. The highest BCUT2D eigenvalue weighted by molar-refractivity contribution is 5.92. The fourth-order valence-electron chi connectivity index (χ4n) is 2.01. The number of carboxylic acids is 1. The van der Waals surface area contributed by atoms with Gasteiger partial charge in [-0.15, -0.1) is 0 Å². The number of rotatable bonds is 2. The van der Waals surface area contributed by atoms with E-state index >= 15 is 0 Å². The van der Waals surface area contributed by atoms with Gasteiger partial charge in [0.1, 0.15) is 5.69 Å². The molecule has 2 heterocycles. The maximum absolute atomic E-state index is 12.0. The molecule has 17 heavy (non-hydrogen) atoms. The largest absolute Gasteiger partial charge is 0.481 e. The zero-order valence-corrected chi connectivity index (χ0v) is 9.67. The predicted molar refractivity (Wildman–Crippen MR) is 59.5 cm³/mol. The molecule has 0 spiro atoms. The molecule has 2 rings (SSSR count). The number of aryl methyl sites for hydroxylation is 1. The van der Waals surface area contributed by atoms with Gasteiger partial charge in [0.05, 0.1) is 12.2 Å². The number of amides is 1. The number of hydrogen-bond acceptors (Lipinski definition) is 3. The molecule has 6 nitrogen and oxygen atoms in total. The fourth-order valence-corrected chi connectivity index (χ4v) is 2.01. The van der Waals surface area contributed by atoms with Crippen LogP contribution in [0.15, 0.2) is 12.5 Å². The summed E-state index contributed by atoms with van der Waals surface area (Å²) in [6, 6.07) is 0. The average molecular weight is 237 g/mol. The smallest absolute Gasteiger partial charge is 0.306 e. The molecule has 0 aliphatic carbocycles. The van der Waals surface area contributed by atoms with E-state index in [9.17, 15) is 9.59 Å². The molecule has 0 aromatic carbocycles. The van der Waals surface area contributed by atoms with E-state index in [4.69, 9.17) is 5.11 Å². The van der Waals surface area contributed by atoms with Gasteiger partial charge in [0.2, 0.25) is 0 Å². The maximum atomic E-state index is 12.0. The Balaban J connectivity index is 1.97. The van der Waals surface area contributed by atoms with Crippen molar-refractivity contribution in [3.8, 4) is 0 Å². The van der Waals surface area contributed by atoms with Gasteiger partial charge in [0.15, 0.2) is 0 Å². The zero-order chi connectivity index (χ0) is 12.4. The van der Waals surface area contributed by atoms with Crippen molar-refractivity contribution < 1.29 is 14.7 Å². The first-order valence-corrected chi connectivity index (χ1v) is 5.58. The van der Waals surface area contributed by atoms with Crippen LogP contribution in [0.25, 0.3) is 0 Å². The highest BCUT2D eigenvalue weighted by Gasteiger charge is 2.28. The summed E-state index contributed by atoms with van der Waals surface area (Å²) in [5.41, 5.74) is 0.418. The molecule has 1 fully saturated rings. The molecule has 6 heteroatoms. The number of aromatic nitrogens is 2. The number of carbonyl (C=O) groups excluding carboxylic acids is 1. The molecule has 0 unspecified atom stereocenters. The minimum atomic E-state index is -0.769. The van der Waals surface area contributed by atoms with E-state index in [1.54, 1.807) is 29.0 Å². The fraction of sp³-hybridized carbons (Fsp3) is 0.545. The summed E-state index contributed by atoms with van der Waals surface area (Å²) in [6.07, 6.45) is 4.30. The van der Waals surface area contributed by atoms with E-state index in [0.29, 0.717) is 31.6 Å². The molecule has 1 amide bonds. The SMILES string of the molecule is Cn1cnc(C(=O)N2CCC(C(=O)O)CC2)c1. The van der Waals surface area contributed by atoms with Crippen molar-refractivity contribution in [3.05, 3.63) is 18.2 Å². The summed E-state index contributed by atoms with van der Waals surface area (Å²) in [4.78, 5) is 28.4. The first-order chi connectivity index (χ1) is 8.08. The number of imidazole rings is 1. The second-order valence-corrected chi connectivity index (χ2v) is 4.33. The Morgan fingerprint density at radius 3 is 2.53 bits per heavy atom. The molecule has 0 bridgehead atoms. The highest BCUT2D eigenvalue weighted by Crippen LogP contribution is 2.18. The van der Waals surface area contributed by atoms with E-state index in [2.05, 4.69) is 4.98 Å². The van der Waals surface area contributed by atoms with Gasteiger partial charge in [-0.2, -0.15) is 0 Å². The number of carboxylic acid groups (broad SMARTS) is 1. The monoisotopic (exact) mass is 237 g/mol. The highest BCUT2D eigenvalue weighted by atomic mass is 16.4. The summed E-state index contributed by atoms with van der Waals surface area (Å²) < 4.78 is 1.72. The lowest BCUT2D eigenvalue weighted by Gasteiger charge is -2.29. The van der Waals surface area contributed by atoms with Crippen molar-refractivity contribution in [3.63, 3.8) is 0 Å². The summed E-state index contributed by atoms with van der Waals surface area (Å²) in [5.74, 6) is -1.20. The summed E-state index contributed by atoms with van der Waals surface area (Å²) >= 11 is 0. The number of hydrogen-bond donors (Lipinski definition) is 1. The molecule has 1 aliphatic heterocycles. The molecule has 92 valence electrons. The van der Waals surface area contributed by atoms with E-state index in [0.717, 1.165) is 0 Å². The molecule has 0 radical (unpaired) electrons. The third kappa shape index (κ3) is 2.46. The Hall–Kier alpha value is -1.85. The predicted octanol–water partition coefficient (Wildman–Crippen LogP) is 0.357. The molecule has 1 aromatic heterocycles. The summed E-state index contributed by atoms with van der Waals surface area (Å²) in [6.45, 7) is 0.985. The minimum absolute atomic E-state index is 0.116. The molecule has 1 saturated heterocycles. The summed E-state index contributed by atoms with van der Waals surface area (Å²) in [5, 5.41) is 8.86. The van der Waals surface area contributed by atoms with Crippen LogP contribution >= 0.6 is 0 Å². The molecule has 1 N–H and O–H groups in total. The van der Waals surface area contributed by atoms with Gasteiger partial charge in [-0.3, -0.25) is 9.59 Å². The summed E-state index contributed by atoms with van der Waals surface area (Å²) in [7, 11) is 1.81. The van der Waals surface area contributed by atoms with Crippen LogP contribution in [0.2, 0.25) is 0 Å². The Kier molecular flexibility index (Phi) is 3.12. The maximum Gasteiger partial charge on any atom is 0.306 e. The molecule has 0 atom stereocenters. The number of likely N-dealkylation sites (tertiary alicyclic amines) is 1. The van der Waals surface area contributed by atoms with Crippen LogP contribution in [0.5, 0.6) is 0 Å². The lowest BCUT2D eigenvalue weighted by Crippen LogP contribution is -2.40. The van der Waals surface area contributed by atoms with Crippen molar-refractivity contribution >= 4 is 11.9 Å². The van der Waals surface area contributed by atoms with Crippen molar-refractivity contribution in [2.75, 3.05) is 13.1 Å². The second-order valence-electron chi connectivity index (χ2n) is 4.33. The van der Waals surface area contributed by atoms with E-state index in [1.807, 2.05) is 0 Å². The number of carbonyl (C=O) groups is 2. The first-order valence-electron chi connectivity index (χ1n) is 5.58. The molecular weight excluding hydrogens is 222 g/mol. The quantitative estimate of drug-likeness (QED) is 0.805. The van der Waals surface area contributed by atoms with E-state index < -0.39 is 5.97 Å². The minimum Gasteiger partial charge on any atom is -0.481 e. The Labute approximate surface area is 98.9 Å². The van der Waals surface area contributed by atoms with Gasteiger partial charge >= 0.3 is 5.97 Å². The van der Waals surface area contributed by atoms with Gasteiger partial charge in [0.25, 0.3) is 5.91 Å². The van der Waals surface area contributed by atoms with Crippen molar-refractivity contribution in [1.82, 2.24) is 14.5 Å². The molecule has 1 aromatic rings. The normalized spacial score (nSPS) is 17.1. The lowest BCUT2D eigenvalue weighted by molar-refractivity contribution is -0.143. The lowest BCUT2D eigenvalue weighted by atomic mass is 9.97. The Morgan fingerprint density at radius 1 is 1.41 bits per heavy atom. The van der Waals surface area contributed by atoms with Gasteiger partial charge in [-0.25, -0.2) is 4.98 Å². The third-order valence-corrected chi connectivity index (χ3v) is 3.06. The van der Waals surface area contributed by atoms with Crippen molar-refractivity contribution in [2.24, 2.45) is 13.0 Å². The molecule has 0 saturated carbocycles. The standard InChI is InChI=1S/C11H15N3O3/c1-13-6-9(12-7-13)10(15)14-4-2-8(3-5-14)11(16)17/h6-8H,2-5H2,1H3,(H,16,17). The number of aliphatic carboxylic acids is 1. The van der Waals surface area contributed by atoms with E-state index in [1.165, 1.54) is 0 Å². The van der Waals surface area contributed by atoms with Crippen molar-refractivity contribution in [1.29, 1.82) is 0 Å². The second kappa shape index (κ2) is 4.57. The van der Waals surface area contributed by atoms with Gasteiger partial charge < -0.3 is 14.6 Å². The van der Waals surface area contributed by atoms with Crippen LogP contribution in [-0.4, -0.2) is 44.5 Å². The first kappa shape index (κ1) is 11.6. The van der Waals surface area contributed by atoms with Crippen LogP contribution in [0.3, 0.4) is 0 Å². The van der Waals surface area contributed by atoms with Gasteiger partial charge in [0, 0.05) is 26.3 Å². The topological polar surface area (TPSA) is 75.4 Å². The van der Waals surface area contributed by atoms with Crippen LogP contribution in [0.4, 0.5) is 0 Å². The van der Waals surface area contributed by atoms with Crippen LogP contribution < -0.4 is 0 Å². The Bertz CT molecular complexity index is 433. The molecule has 1 aliphatic rings. The number of piperidine rings is 1. The van der Waals surface area contributed by atoms with Gasteiger partial charge in [-0.1, -0.05) is 0 Å². The van der Waals surface area contributed by atoms with Crippen LogP contribution in [0.1, 0.15) is 23.3 Å². The van der Waals surface area contributed by atoms with Crippen LogP contribution in [-0.2, 0) is 11.8 Å². The van der Waals surface area contributed by atoms with Crippen LogP contribution in [0, 0.1) is 5.92 Å². The zero-order valence-electron chi connectivity index (χ0n) is 9.67. The number of nitrogens with zero attached hydrogens (tertiary/aromatic N) is 3. The van der Waals surface area contributed by atoms with Gasteiger partial charge in [-0.05, 0) is 12.8 Å².